The van der Waals surface area contributed by atoms with Crippen LogP contribution < -0.4 is 4.90 Å². The molecule has 0 N–H and O–H groups in total. The van der Waals surface area contributed by atoms with Gasteiger partial charge < -0.3 is 4.90 Å². The largest absolute Gasteiger partial charge is 0.378 e. The van der Waals surface area contributed by atoms with E-state index in [1.165, 1.54) is 11.3 Å². The van der Waals surface area contributed by atoms with Gasteiger partial charge in [0, 0.05) is 32.2 Å². The maximum absolute atomic E-state index is 4.00. The summed E-state index contributed by atoms with van der Waals surface area (Å²) < 4.78 is 0. The lowest BCUT2D eigenvalue weighted by molar-refractivity contribution is 1.13. The number of aromatic nitrogens is 1. The molecule has 0 spiro atoms. The SMILES string of the molecule is CN(C)c1cccc(/C=C/c2ccncc2)c1. The Balaban J connectivity index is 2.19. The first kappa shape index (κ1) is 11.4. The molecular formula is C15H16N2. The summed E-state index contributed by atoms with van der Waals surface area (Å²) in [4.78, 5) is 6.10. The van der Waals surface area contributed by atoms with Gasteiger partial charge in [-0.3, -0.25) is 4.98 Å². The van der Waals surface area contributed by atoms with E-state index in [0.29, 0.717) is 0 Å². The third-order valence-corrected chi connectivity index (χ3v) is 2.56. The van der Waals surface area contributed by atoms with Gasteiger partial charge in [-0.05, 0) is 35.4 Å². The van der Waals surface area contributed by atoms with Crippen LogP contribution in [0.5, 0.6) is 0 Å². The number of anilines is 1. The standard InChI is InChI=1S/C15H16N2/c1-17(2)15-5-3-4-14(12-15)7-6-13-8-10-16-11-9-13/h3-12H,1-2H3/b7-6+. The summed E-state index contributed by atoms with van der Waals surface area (Å²) in [6, 6.07) is 12.4. The van der Waals surface area contributed by atoms with E-state index in [1.54, 1.807) is 12.4 Å². The average Bonchev–Trinajstić information content (AvgIpc) is 2.38. The molecule has 17 heavy (non-hydrogen) atoms. The second-order valence-electron chi connectivity index (χ2n) is 4.10. The third-order valence-electron chi connectivity index (χ3n) is 2.56. The molecule has 1 aromatic carbocycles. The lowest BCUT2D eigenvalue weighted by Gasteiger charge is -2.12. The van der Waals surface area contributed by atoms with Gasteiger partial charge in [0.2, 0.25) is 0 Å². The van der Waals surface area contributed by atoms with Gasteiger partial charge in [0.15, 0.2) is 0 Å². The van der Waals surface area contributed by atoms with Crippen LogP contribution >= 0.6 is 0 Å². The summed E-state index contributed by atoms with van der Waals surface area (Å²) in [7, 11) is 4.09. The Morgan fingerprint density at radius 1 is 0.941 bits per heavy atom. The third kappa shape index (κ3) is 3.18. The molecule has 86 valence electrons. The van der Waals surface area contributed by atoms with Gasteiger partial charge in [-0.1, -0.05) is 24.3 Å². The predicted molar refractivity (Wildman–Crippen MR) is 73.9 cm³/mol. The van der Waals surface area contributed by atoms with Crippen LogP contribution in [0.2, 0.25) is 0 Å². The van der Waals surface area contributed by atoms with Gasteiger partial charge in [-0.2, -0.15) is 0 Å². The van der Waals surface area contributed by atoms with Gasteiger partial charge in [0.1, 0.15) is 0 Å². The second kappa shape index (κ2) is 5.30. The van der Waals surface area contributed by atoms with E-state index in [4.69, 9.17) is 0 Å². The molecule has 0 amide bonds. The van der Waals surface area contributed by atoms with Crippen LogP contribution in [-0.4, -0.2) is 19.1 Å². The van der Waals surface area contributed by atoms with E-state index in [0.717, 1.165) is 5.56 Å². The van der Waals surface area contributed by atoms with Crippen LogP contribution in [-0.2, 0) is 0 Å². The van der Waals surface area contributed by atoms with Crippen molar-refractivity contribution in [2.75, 3.05) is 19.0 Å². The molecule has 0 aliphatic carbocycles. The van der Waals surface area contributed by atoms with Crippen molar-refractivity contribution >= 4 is 17.8 Å². The first-order valence-corrected chi connectivity index (χ1v) is 5.61. The smallest absolute Gasteiger partial charge is 0.0367 e. The molecule has 0 atom stereocenters. The van der Waals surface area contributed by atoms with E-state index >= 15 is 0 Å². The van der Waals surface area contributed by atoms with Gasteiger partial charge in [-0.25, -0.2) is 0 Å². The number of hydrogen-bond donors (Lipinski definition) is 0. The lowest BCUT2D eigenvalue weighted by atomic mass is 10.1. The highest BCUT2D eigenvalue weighted by Gasteiger charge is 1.94. The van der Waals surface area contributed by atoms with E-state index < -0.39 is 0 Å². The zero-order valence-electron chi connectivity index (χ0n) is 10.2. The quantitative estimate of drug-likeness (QED) is 0.795. The zero-order chi connectivity index (χ0) is 12.1. The summed E-state index contributed by atoms with van der Waals surface area (Å²) in [6.07, 6.45) is 7.81. The molecule has 2 aromatic rings. The zero-order valence-corrected chi connectivity index (χ0v) is 10.2. The fourth-order valence-electron chi connectivity index (χ4n) is 1.57. The molecule has 1 aromatic heterocycles. The Hall–Kier alpha value is -2.09. The van der Waals surface area contributed by atoms with Crippen molar-refractivity contribution in [2.45, 2.75) is 0 Å². The maximum Gasteiger partial charge on any atom is 0.0367 e. The highest BCUT2D eigenvalue weighted by molar-refractivity contribution is 5.71. The fourth-order valence-corrected chi connectivity index (χ4v) is 1.57. The minimum atomic E-state index is 1.16. The van der Waals surface area contributed by atoms with Crippen LogP contribution in [0.3, 0.4) is 0 Å². The minimum absolute atomic E-state index is 1.16. The van der Waals surface area contributed by atoms with Crippen molar-refractivity contribution in [3.05, 3.63) is 59.9 Å². The number of pyridine rings is 1. The van der Waals surface area contributed by atoms with Crippen LogP contribution in [0.4, 0.5) is 5.69 Å². The van der Waals surface area contributed by atoms with E-state index in [1.807, 2.05) is 26.2 Å². The molecule has 0 saturated carbocycles. The van der Waals surface area contributed by atoms with E-state index in [2.05, 4.69) is 46.3 Å². The predicted octanol–water partition coefficient (Wildman–Crippen LogP) is 3.32. The Morgan fingerprint density at radius 3 is 2.35 bits per heavy atom. The number of rotatable bonds is 3. The average molecular weight is 224 g/mol. The highest BCUT2D eigenvalue weighted by Crippen LogP contribution is 2.15. The molecule has 2 rings (SSSR count). The lowest BCUT2D eigenvalue weighted by Crippen LogP contribution is -2.08. The van der Waals surface area contributed by atoms with Crippen molar-refractivity contribution in [3.63, 3.8) is 0 Å². The normalized spacial score (nSPS) is 10.7. The molecule has 0 bridgehead atoms. The molecule has 0 aliphatic heterocycles. The summed E-state index contributed by atoms with van der Waals surface area (Å²) in [5.41, 5.74) is 3.57. The second-order valence-corrected chi connectivity index (χ2v) is 4.10. The van der Waals surface area contributed by atoms with Gasteiger partial charge in [0.05, 0.1) is 0 Å². The molecular weight excluding hydrogens is 208 g/mol. The first-order chi connectivity index (χ1) is 8.25. The van der Waals surface area contributed by atoms with Crippen molar-refractivity contribution < 1.29 is 0 Å². The molecule has 0 saturated heterocycles. The highest BCUT2D eigenvalue weighted by atomic mass is 15.1. The van der Waals surface area contributed by atoms with Crippen molar-refractivity contribution in [3.8, 4) is 0 Å². The fraction of sp³-hybridized carbons (Fsp3) is 0.133. The maximum atomic E-state index is 4.00. The number of hydrogen-bond acceptors (Lipinski definition) is 2. The van der Waals surface area contributed by atoms with Crippen molar-refractivity contribution in [1.29, 1.82) is 0 Å². The number of benzene rings is 1. The van der Waals surface area contributed by atoms with Gasteiger partial charge in [-0.15, -0.1) is 0 Å². The summed E-state index contributed by atoms with van der Waals surface area (Å²) in [5.74, 6) is 0. The van der Waals surface area contributed by atoms with Crippen molar-refractivity contribution in [1.82, 2.24) is 4.98 Å². The Labute approximate surface area is 102 Å². The molecule has 0 unspecified atom stereocenters. The molecule has 2 heteroatoms. The summed E-state index contributed by atoms with van der Waals surface area (Å²) in [6.45, 7) is 0. The Morgan fingerprint density at radius 2 is 1.65 bits per heavy atom. The molecule has 0 aliphatic rings. The van der Waals surface area contributed by atoms with Gasteiger partial charge >= 0.3 is 0 Å². The van der Waals surface area contributed by atoms with Crippen LogP contribution in [0.25, 0.3) is 12.2 Å². The van der Waals surface area contributed by atoms with E-state index in [9.17, 15) is 0 Å². The van der Waals surface area contributed by atoms with Crippen LogP contribution in [0.1, 0.15) is 11.1 Å². The van der Waals surface area contributed by atoms with Crippen LogP contribution in [0, 0.1) is 0 Å². The first-order valence-electron chi connectivity index (χ1n) is 5.61. The summed E-state index contributed by atoms with van der Waals surface area (Å²) >= 11 is 0. The number of nitrogens with zero attached hydrogens (tertiary/aromatic N) is 2. The summed E-state index contributed by atoms with van der Waals surface area (Å²) in [5, 5.41) is 0. The topological polar surface area (TPSA) is 16.1 Å². The Kier molecular flexibility index (Phi) is 3.55. The minimum Gasteiger partial charge on any atom is -0.378 e. The van der Waals surface area contributed by atoms with Crippen LogP contribution in [0.15, 0.2) is 48.8 Å². The molecule has 0 fully saturated rings. The van der Waals surface area contributed by atoms with Gasteiger partial charge in [0.25, 0.3) is 0 Å². The molecule has 2 nitrogen and oxygen atoms in total. The molecule has 0 radical (unpaired) electrons. The van der Waals surface area contributed by atoms with Crippen molar-refractivity contribution in [2.24, 2.45) is 0 Å². The Bertz CT molecular complexity index is 501. The van der Waals surface area contributed by atoms with E-state index in [-0.39, 0.29) is 0 Å². The molecule has 1 heterocycles. The monoisotopic (exact) mass is 224 g/mol.